The molecule has 3 aromatic rings. The van der Waals surface area contributed by atoms with Crippen molar-refractivity contribution in [3.63, 3.8) is 0 Å². The minimum Gasteiger partial charge on any atom is -0.372 e. The number of likely N-dealkylation sites (tertiary alicyclic amines) is 1. The van der Waals surface area contributed by atoms with Gasteiger partial charge < -0.3 is 9.64 Å². The van der Waals surface area contributed by atoms with E-state index >= 15 is 0 Å². The Hall–Kier alpha value is -2.21. The molecule has 6 heteroatoms. The Morgan fingerprint density at radius 1 is 1.09 bits per heavy atom. The molecule has 1 unspecified atom stereocenters. The Labute approximate surface area is 204 Å². The molecule has 1 aromatic heterocycles. The van der Waals surface area contributed by atoms with Crippen LogP contribution >= 0.6 is 11.6 Å². The van der Waals surface area contributed by atoms with Crippen molar-refractivity contribution in [1.82, 2.24) is 14.5 Å². The van der Waals surface area contributed by atoms with Gasteiger partial charge in [0.15, 0.2) is 0 Å². The summed E-state index contributed by atoms with van der Waals surface area (Å²) in [6, 6.07) is 12.8. The minimum atomic E-state index is -0.197. The van der Waals surface area contributed by atoms with Crippen molar-refractivity contribution >= 4 is 22.5 Å². The van der Waals surface area contributed by atoms with Gasteiger partial charge in [-0.15, -0.1) is 0 Å². The van der Waals surface area contributed by atoms with Gasteiger partial charge in [0.25, 0.3) is 5.56 Å². The number of hydrogen-bond acceptors (Lipinski definition) is 4. The second-order valence-electron chi connectivity index (χ2n) is 10.7. The predicted octanol–water partition coefficient (Wildman–Crippen LogP) is 5.18. The van der Waals surface area contributed by atoms with Gasteiger partial charge in [-0.3, -0.25) is 9.36 Å². The average molecular weight is 476 g/mol. The van der Waals surface area contributed by atoms with E-state index in [1.165, 1.54) is 48.9 Å². The Morgan fingerprint density at radius 3 is 2.65 bits per heavy atom. The number of hydrogen-bond donors (Lipinski definition) is 0. The van der Waals surface area contributed by atoms with Crippen molar-refractivity contribution in [2.24, 2.45) is 0 Å². The molecule has 176 valence electrons. The second kappa shape index (κ2) is 7.91. The number of ether oxygens (including phenoxy) is 1. The summed E-state index contributed by atoms with van der Waals surface area (Å²) in [7, 11) is 0. The van der Waals surface area contributed by atoms with Crippen LogP contribution in [0.25, 0.3) is 16.6 Å². The van der Waals surface area contributed by atoms with Crippen LogP contribution in [0.3, 0.4) is 0 Å². The summed E-state index contributed by atoms with van der Waals surface area (Å²) in [5.74, 6) is 1.52. The van der Waals surface area contributed by atoms with Gasteiger partial charge in [0, 0.05) is 6.54 Å². The summed E-state index contributed by atoms with van der Waals surface area (Å²) < 4.78 is 7.67. The van der Waals surface area contributed by atoms with Gasteiger partial charge in [-0.25, -0.2) is 0 Å². The van der Waals surface area contributed by atoms with E-state index in [0.717, 1.165) is 50.4 Å². The van der Waals surface area contributed by atoms with Crippen LogP contribution in [0, 0.1) is 0 Å². The van der Waals surface area contributed by atoms with Crippen molar-refractivity contribution in [3.05, 3.63) is 68.7 Å². The van der Waals surface area contributed by atoms with Gasteiger partial charge in [0.1, 0.15) is 5.82 Å². The van der Waals surface area contributed by atoms with Crippen LogP contribution in [-0.4, -0.2) is 46.8 Å². The number of rotatable bonds is 3. The fourth-order valence-electron chi connectivity index (χ4n) is 6.86. The SMILES string of the molecule is O=c1nc2n(c3cccc(Cl)c13)-c1ccc(C3CCN(CC4CO4)CC3)cc1C21CCCCC1. The first-order valence-electron chi connectivity index (χ1n) is 12.8. The Morgan fingerprint density at radius 2 is 1.88 bits per heavy atom. The van der Waals surface area contributed by atoms with Crippen molar-refractivity contribution < 1.29 is 4.74 Å². The molecule has 1 aliphatic carbocycles. The third kappa shape index (κ3) is 3.20. The highest BCUT2D eigenvalue weighted by Gasteiger charge is 2.46. The van der Waals surface area contributed by atoms with Crippen molar-refractivity contribution in [3.8, 4) is 5.69 Å². The summed E-state index contributed by atoms with van der Waals surface area (Å²) in [5, 5.41) is 1.01. The van der Waals surface area contributed by atoms with Gasteiger partial charge in [-0.05, 0) is 74.0 Å². The lowest BCUT2D eigenvalue weighted by molar-refractivity contribution is 0.194. The highest BCUT2D eigenvalue weighted by molar-refractivity contribution is 6.35. The Kier molecular flexibility index (Phi) is 4.91. The molecule has 0 radical (unpaired) electrons. The third-order valence-electron chi connectivity index (χ3n) is 8.70. The molecule has 2 aromatic carbocycles. The van der Waals surface area contributed by atoms with E-state index < -0.39 is 0 Å². The predicted molar refractivity (Wildman–Crippen MR) is 134 cm³/mol. The first-order chi connectivity index (χ1) is 16.6. The molecule has 0 amide bonds. The summed E-state index contributed by atoms with van der Waals surface area (Å²) in [5.41, 5.74) is 4.53. The van der Waals surface area contributed by atoms with E-state index in [2.05, 4.69) is 27.7 Å². The van der Waals surface area contributed by atoms with E-state index in [-0.39, 0.29) is 11.0 Å². The molecular weight excluding hydrogens is 446 g/mol. The number of aromatic nitrogens is 2. The lowest BCUT2D eigenvalue weighted by Gasteiger charge is -2.35. The van der Waals surface area contributed by atoms with Crippen LogP contribution < -0.4 is 5.56 Å². The molecule has 7 rings (SSSR count). The molecule has 0 bridgehead atoms. The molecule has 4 heterocycles. The van der Waals surface area contributed by atoms with Crippen LogP contribution in [0.2, 0.25) is 5.02 Å². The Bertz CT molecular complexity index is 1330. The molecule has 0 N–H and O–H groups in total. The first-order valence-corrected chi connectivity index (χ1v) is 13.2. The zero-order valence-electron chi connectivity index (χ0n) is 19.4. The minimum absolute atomic E-state index is 0.163. The van der Waals surface area contributed by atoms with Crippen LogP contribution in [0.15, 0.2) is 41.2 Å². The lowest BCUT2D eigenvalue weighted by Crippen LogP contribution is -2.35. The molecule has 1 saturated carbocycles. The zero-order valence-corrected chi connectivity index (χ0v) is 20.2. The summed E-state index contributed by atoms with van der Waals surface area (Å²) >= 11 is 6.48. The fraction of sp³-hybridized carbons (Fsp3) is 0.500. The van der Waals surface area contributed by atoms with Gasteiger partial charge in [-0.2, -0.15) is 4.98 Å². The molecule has 2 saturated heterocycles. The van der Waals surface area contributed by atoms with E-state index in [1.54, 1.807) is 6.07 Å². The maximum atomic E-state index is 13.1. The summed E-state index contributed by atoms with van der Waals surface area (Å²) in [4.78, 5) is 20.4. The highest BCUT2D eigenvalue weighted by atomic mass is 35.5. The van der Waals surface area contributed by atoms with E-state index in [4.69, 9.17) is 21.3 Å². The molecule has 5 nitrogen and oxygen atoms in total. The number of halogens is 1. The molecular formula is C28H30ClN3O2. The maximum Gasteiger partial charge on any atom is 0.282 e. The average Bonchev–Trinajstić information content (AvgIpc) is 3.64. The summed E-state index contributed by atoms with van der Waals surface area (Å²) in [6.07, 6.45) is 8.58. The standard InChI is InChI=1S/C28H30ClN3O2/c29-22-5-4-6-24-25(22)26(33)30-27-28(11-2-1-3-12-28)21-15-19(7-8-23(21)32(24)27)18-9-13-31(14-10-18)16-20-17-34-20/h4-8,15,18,20H,1-3,9-14,16-17H2. The number of piperidine rings is 1. The van der Waals surface area contributed by atoms with Crippen LogP contribution in [0.5, 0.6) is 0 Å². The van der Waals surface area contributed by atoms with E-state index in [9.17, 15) is 4.79 Å². The maximum absolute atomic E-state index is 13.1. The van der Waals surface area contributed by atoms with Gasteiger partial charge in [-0.1, -0.05) is 49.1 Å². The monoisotopic (exact) mass is 475 g/mol. The first kappa shape index (κ1) is 21.1. The van der Waals surface area contributed by atoms with Crippen LogP contribution in [0.1, 0.15) is 67.8 Å². The molecule has 1 atom stereocenters. The highest BCUT2D eigenvalue weighted by Crippen LogP contribution is 2.52. The smallest absolute Gasteiger partial charge is 0.282 e. The Balaban J connectivity index is 1.33. The second-order valence-corrected chi connectivity index (χ2v) is 11.1. The molecule has 3 aliphatic heterocycles. The quantitative estimate of drug-likeness (QED) is 0.490. The van der Waals surface area contributed by atoms with Crippen molar-refractivity contribution in [2.45, 2.75) is 62.4 Å². The largest absolute Gasteiger partial charge is 0.372 e. The summed E-state index contributed by atoms with van der Waals surface area (Å²) in [6.45, 7) is 4.31. The number of nitrogens with zero attached hydrogens (tertiary/aromatic N) is 3. The third-order valence-corrected chi connectivity index (χ3v) is 9.02. The van der Waals surface area contributed by atoms with Crippen molar-refractivity contribution in [2.75, 3.05) is 26.2 Å². The van der Waals surface area contributed by atoms with E-state index in [0.29, 0.717) is 22.4 Å². The normalized spacial score (nSPS) is 23.9. The van der Waals surface area contributed by atoms with Gasteiger partial charge in [0.2, 0.25) is 0 Å². The number of epoxide rings is 1. The van der Waals surface area contributed by atoms with Crippen LogP contribution in [-0.2, 0) is 10.2 Å². The number of fused-ring (bicyclic) bond motifs is 7. The molecule has 1 spiro atoms. The van der Waals surface area contributed by atoms with Crippen LogP contribution in [0.4, 0.5) is 0 Å². The zero-order chi connectivity index (χ0) is 22.9. The van der Waals surface area contributed by atoms with Crippen molar-refractivity contribution in [1.29, 1.82) is 0 Å². The number of benzene rings is 2. The fourth-order valence-corrected chi connectivity index (χ4v) is 7.11. The topological polar surface area (TPSA) is 50.7 Å². The molecule has 3 fully saturated rings. The molecule has 34 heavy (non-hydrogen) atoms. The molecule has 4 aliphatic rings. The lowest BCUT2D eigenvalue weighted by atomic mass is 9.69. The van der Waals surface area contributed by atoms with Gasteiger partial charge >= 0.3 is 0 Å². The van der Waals surface area contributed by atoms with E-state index in [1.807, 2.05) is 12.1 Å². The van der Waals surface area contributed by atoms with Gasteiger partial charge in [0.05, 0.1) is 39.7 Å².